The molecule has 0 saturated carbocycles. The summed E-state index contributed by atoms with van der Waals surface area (Å²) in [6, 6.07) is 0. The Morgan fingerprint density at radius 2 is 2.38 bits per heavy atom. The Balaban J connectivity index is 3.49. The zero-order chi connectivity index (χ0) is 6.57. The molecule has 0 bridgehead atoms. The van der Waals surface area contributed by atoms with Crippen molar-refractivity contribution in [3.63, 3.8) is 0 Å². The van der Waals surface area contributed by atoms with Gasteiger partial charge in [-0.3, -0.25) is 0 Å². The fourth-order valence-electron chi connectivity index (χ4n) is 0.199. The summed E-state index contributed by atoms with van der Waals surface area (Å²) in [6.07, 6.45) is 0. The molecule has 3 nitrogen and oxygen atoms in total. The van der Waals surface area contributed by atoms with Crippen molar-refractivity contribution in [3.05, 3.63) is 12.2 Å². The molecule has 0 atom stereocenters. The average Bonchev–Trinajstić information content (AvgIpc) is 1.67. The van der Waals surface area contributed by atoms with Gasteiger partial charge in [0.2, 0.25) is 0 Å². The van der Waals surface area contributed by atoms with E-state index in [9.17, 15) is 4.79 Å². The summed E-state index contributed by atoms with van der Waals surface area (Å²) in [5.74, 6) is -0.376. The summed E-state index contributed by atoms with van der Waals surface area (Å²) in [4.78, 5) is 10.4. The number of hydrogen-bond donors (Lipinski definition) is 1. The highest BCUT2D eigenvalue weighted by Crippen LogP contribution is 1.87. The van der Waals surface area contributed by atoms with Gasteiger partial charge < -0.3 is 9.83 Å². The minimum Gasteiger partial charge on any atom is -0.508 e. The van der Waals surface area contributed by atoms with Crippen LogP contribution >= 0.6 is 0 Å². The van der Waals surface area contributed by atoms with Crippen molar-refractivity contribution in [2.75, 3.05) is 0 Å². The van der Waals surface area contributed by atoms with Crippen LogP contribution in [0.5, 0.6) is 0 Å². The molecule has 46 valence electrons. The zero-order valence-electron chi connectivity index (χ0n) is 4.81. The lowest BCUT2D eigenvalue weighted by molar-refractivity contribution is -0.130. The van der Waals surface area contributed by atoms with Crippen molar-refractivity contribution < 1.29 is 9.22 Å². The Morgan fingerprint density at radius 1 is 1.88 bits per heavy atom. The van der Waals surface area contributed by atoms with Crippen molar-refractivity contribution in [2.45, 2.75) is 6.92 Å². The van der Waals surface area contributed by atoms with Crippen molar-refractivity contribution in [2.24, 2.45) is 5.40 Å². The smallest absolute Gasteiger partial charge is 0.320 e. The highest BCUT2D eigenvalue weighted by Gasteiger charge is 1.98. The Kier molecular flexibility index (Phi) is 3.14. The third-order valence-corrected chi connectivity index (χ3v) is 0.992. The van der Waals surface area contributed by atoms with E-state index >= 15 is 0 Å². The Morgan fingerprint density at radius 3 is 2.50 bits per heavy atom. The molecular formula is C4H9NO2Si. The third kappa shape index (κ3) is 2.54. The van der Waals surface area contributed by atoms with Crippen LogP contribution in [0.3, 0.4) is 0 Å². The Labute approximate surface area is 50.5 Å². The normalized spacial score (nSPS) is 9.75. The zero-order valence-corrected chi connectivity index (χ0v) is 6.22. The maximum absolute atomic E-state index is 10.4. The van der Waals surface area contributed by atoms with E-state index in [0.29, 0.717) is 5.57 Å². The Bertz CT molecular complexity index is 113. The van der Waals surface area contributed by atoms with Gasteiger partial charge in [-0.25, -0.2) is 4.79 Å². The summed E-state index contributed by atoms with van der Waals surface area (Å²) in [6.45, 7) is 4.96. The second-order valence-electron chi connectivity index (χ2n) is 1.38. The molecule has 0 aliphatic heterocycles. The van der Waals surface area contributed by atoms with Crippen LogP contribution < -0.4 is 5.40 Å². The molecule has 0 aromatic carbocycles. The van der Waals surface area contributed by atoms with Crippen molar-refractivity contribution in [1.82, 2.24) is 0 Å². The van der Waals surface area contributed by atoms with Gasteiger partial charge in [0, 0.05) is 5.57 Å². The van der Waals surface area contributed by atoms with Crippen molar-refractivity contribution in [1.29, 1.82) is 0 Å². The standard InChI is InChI=1S/C4H9NO2Si/c1-3(2)4(6)7-8-5/h1,5,8H2,2H3. The molecule has 0 aromatic heterocycles. The number of carbonyl (C=O) groups excluding carboxylic acids is 1. The highest BCUT2D eigenvalue weighted by atomic mass is 28.2. The van der Waals surface area contributed by atoms with Crippen LogP contribution in [0, 0.1) is 0 Å². The molecule has 0 rings (SSSR count). The molecule has 0 aliphatic carbocycles. The lowest BCUT2D eigenvalue weighted by Gasteiger charge is -1.97. The number of rotatable bonds is 2. The molecule has 8 heavy (non-hydrogen) atoms. The summed E-state index contributed by atoms with van der Waals surface area (Å²) in [7, 11) is -1.09. The van der Waals surface area contributed by atoms with Gasteiger partial charge in [-0.2, -0.15) is 0 Å². The highest BCUT2D eigenvalue weighted by molar-refractivity contribution is 6.27. The first-order valence-electron chi connectivity index (χ1n) is 2.21. The second kappa shape index (κ2) is 3.40. The summed E-state index contributed by atoms with van der Waals surface area (Å²) in [5, 5.41) is 5.02. The van der Waals surface area contributed by atoms with Crippen LogP contribution in [0.25, 0.3) is 0 Å². The molecule has 4 heteroatoms. The predicted octanol–water partition coefficient (Wildman–Crippen LogP) is -0.937. The van der Waals surface area contributed by atoms with Gasteiger partial charge in [-0.1, -0.05) is 6.58 Å². The summed E-state index contributed by atoms with van der Waals surface area (Å²) in [5.41, 5.74) is 0.406. The molecule has 0 radical (unpaired) electrons. The molecular weight excluding hydrogens is 122 g/mol. The third-order valence-electron chi connectivity index (χ3n) is 0.563. The second-order valence-corrected chi connectivity index (χ2v) is 2.00. The van der Waals surface area contributed by atoms with Gasteiger partial charge in [-0.15, -0.1) is 0 Å². The first kappa shape index (κ1) is 7.39. The first-order valence-corrected chi connectivity index (χ1v) is 3.60. The van der Waals surface area contributed by atoms with Crippen LogP contribution in [-0.4, -0.2) is 15.9 Å². The fraction of sp³-hybridized carbons (Fsp3) is 0.250. The van der Waals surface area contributed by atoms with Crippen LogP contribution in [0.15, 0.2) is 12.2 Å². The van der Waals surface area contributed by atoms with Gasteiger partial charge in [0.1, 0.15) is 0 Å². The van der Waals surface area contributed by atoms with E-state index in [0.717, 1.165) is 0 Å². The van der Waals surface area contributed by atoms with E-state index in [1.165, 1.54) is 0 Å². The van der Waals surface area contributed by atoms with E-state index in [1.807, 2.05) is 0 Å². The van der Waals surface area contributed by atoms with Crippen LogP contribution in [0.1, 0.15) is 6.92 Å². The summed E-state index contributed by atoms with van der Waals surface area (Å²) < 4.78 is 4.48. The van der Waals surface area contributed by atoms with Crippen molar-refractivity contribution in [3.8, 4) is 0 Å². The summed E-state index contributed by atoms with van der Waals surface area (Å²) >= 11 is 0. The molecule has 0 unspecified atom stereocenters. The minimum absolute atomic E-state index is 0.376. The van der Waals surface area contributed by atoms with Gasteiger partial charge in [0.15, 0.2) is 0 Å². The number of carbonyl (C=O) groups is 1. The van der Waals surface area contributed by atoms with Gasteiger partial charge in [0.25, 0.3) is 9.92 Å². The molecule has 0 aliphatic rings. The van der Waals surface area contributed by atoms with Crippen LogP contribution in [0.2, 0.25) is 0 Å². The molecule has 0 heterocycles. The van der Waals surface area contributed by atoms with E-state index < -0.39 is 9.92 Å². The number of hydrogen-bond acceptors (Lipinski definition) is 3. The van der Waals surface area contributed by atoms with Crippen molar-refractivity contribution >= 4 is 15.9 Å². The van der Waals surface area contributed by atoms with E-state index in [1.54, 1.807) is 6.92 Å². The largest absolute Gasteiger partial charge is 0.508 e. The van der Waals surface area contributed by atoms with E-state index in [-0.39, 0.29) is 5.97 Å². The molecule has 2 N–H and O–H groups in total. The maximum Gasteiger partial charge on any atom is 0.320 e. The monoisotopic (exact) mass is 131 g/mol. The SMILES string of the molecule is C=C(C)C(=O)O[SiH2]N. The molecule has 0 spiro atoms. The van der Waals surface area contributed by atoms with Gasteiger partial charge in [0.05, 0.1) is 0 Å². The molecule has 0 saturated heterocycles. The van der Waals surface area contributed by atoms with Crippen LogP contribution in [-0.2, 0) is 9.22 Å². The Hall–Kier alpha value is -0.613. The predicted molar refractivity (Wildman–Crippen MR) is 33.6 cm³/mol. The molecule has 0 fully saturated rings. The topological polar surface area (TPSA) is 52.3 Å². The van der Waals surface area contributed by atoms with Crippen LogP contribution in [0.4, 0.5) is 0 Å². The maximum atomic E-state index is 10.4. The fourth-order valence-corrected chi connectivity index (χ4v) is 0.597. The average molecular weight is 131 g/mol. The van der Waals surface area contributed by atoms with Gasteiger partial charge in [-0.05, 0) is 6.92 Å². The van der Waals surface area contributed by atoms with Gasteiger partial charge >= 0.3 is 5.97 Å². The minimum atomic E-state index is -1.09. The van der Waals surface area contributed by atoms with E-state index in [2.05, 4.69) is 11.0 Å². The quantitative estimate of drug-likeness (QED) is 0.389. The lowest BCUT2D eigenvalue weighted by atomic mass is 10.4. The van der Waals surface area contributed by atoms with E-state index in [4.69, 9.17) is 5.40 Å². The molecule has 0 aromatic rings. The number of nitrogens with two attached hydrogens (primary N) is 1. The molecule has 0 amide bonds. The first-order chi connectivity index (χ1) is 3.68. The lowest BCUT2D eigenvalue weighted by Crippen LogP contribution is -2.16.